The molecule has 2 amide bonds. The molecule has 0 bridgehead atoms. The Labute approximate surface area is 161 Å². The van der Waals surface area contributed by atoms with E-state index in [1.807, 2.05) is 24.3 Å². The van der Waals surface area contributed by atoms with Crippen molar-refractivity contribution in [3.05, 3.63) is 65.2 Å². The van der Waals surface area contributed by atoms with Gasteiger partial charge in [0.05, 0.1) is 7.11 Å². The van der Waals surface area contributed by atoms with Gasteiger partial charge in [-0.2, -0.15) is 11.8 Å². The molecule has 1 aliphatic rings. The van der Waals surface area contributed by atoms with Crippen molar-refractivity contribution in [1.82, 2.24) is 10.2 Å². The molecule has 0 aromatic heterocycles. The quantitative estimate of drug-likeness (QED) is 0.840. The summed E-state index contributed by atoms with van der Waals surface area (Å²) in [5, 5.41) is 2.76. The van der Waals surface area contributed by atoms with E-state index in [4.69, 9.17) is 4.74 Å². The molecular weight excluding hydrogens is 370 g/mol. The number of urea groups is 1. The minimum absolute atomic E-state index is 0.146. The number of carbonyl (C=O) groups excluding carboxylic acids is 1. The second kappa shape index (κ2) is 9.08. The van der Waals surface area contributed by atoms with Crippen LogP contribution >= 0.6 is 11.8 Å². The first-order valence-electron chi connectivity index (χ1n) is 8.79. The Morgan fingerprint density at radius 1 is 1.22 bits per heavy atom. The number of ether oxygens (including phenoxy) is 1. The number of thioether (sulfide) groups is 1. The molecule has 1 N–H and O–H groups in total. The van der Waals surface area contributed by atoms with Gasteiger partial charge in [0.1, 0.15) is 17.4 Å². The van der Waals surface area contributed by atoms with Crippen LogP contribution in [0.3, 0.4) is 0 Å². The Morgan fingerprint density at radius 3 is 2.74 bits per heavy atom. The van der Waals surface area contributed by atoms with Crippen molar-refractivity contribution in [3.8, 4) is 5.75 Å². The van der Waals surface area contributed by atoms with E-state index in [-0.39, 0.29) is 11.3 Å². The highest BCUT2D eigenvalue weighted by Gasteiger charge is 2.24. The molecule has 0 aliphatic carbocycles. The lowest BCUT2D eigenvalue weighted by Gasteiger charge is -2.21. The number of hydrogen-bond acceptors (Lipinski definition) is 3. The second-order valence-electron chi connectivity index (χ2n) is 6.31. The normalized spacial score (nSPS) is 17.3. The fourth-order valence-corrected chi connectivity index (χ4v) is 4.26. The molecule has 1 saturated heterocycles. The number of methoxy groups -OCH3 is 1. The molecule has 1 atom stereocenters. The highest BCUT2D eigenvalue weighted by molar-refractivity contribution is 7.99. The van der Waals surface area contributed by atoms with Crippen LogP contribution in [-0.4, -0.2) is 36.9 Å². The summed E-state index contributed by atoms with van der Waals surface area (Å²) in [7, 11) is 1.61. The molecule has 27 heavy (non-hydrogen) atoms. The lowest BCUT2D eigenvalue weighted by Crippen LogP contribution is -2.40. The maximum absolute atomic E-state index is 14.0. The maximum atomic E-state index is 14.0. The lowest BCUT2D eigenvalue weighted by molar-refractivity contribution is 0.200. The van der Waals surface area contributed by atoms with Crippen LogP contribution in [0.15, 0.2) is 42.5 Å². The molecule has 4 nitrogen and oxygen atoms in total. The predicted molar refractivity (Wildman–Crippen MR) is 103 cm³/mol. The highest BCUT2D eigenvalue weighted by Crippen LogP contribution is 2.36. The number of amides is 2. The summed E-state index contributed by atoms with van der Waals surface area (Å²) in [6.07, 6.45) is 0.584. The average molecular weight is 392 g/mol. The Balaban J connectivity index is 1.55. The number of halogens is 2. The summed E-state index contributed by atoms with van der Waals surface area (Å²) in [6.45, 7) is 1.50. The SMILES string of the molecule is COc1ccc(CNC(=O)N2CCSC(c3cc(F)ccc3F)CC2)cc1. The maximum Gasteiger partial charge on any atom is 0.317 e. The first kappa shape index (κ1) is 19.5. The van der Waals surface area contributed by atoms with E-state index in [2.05, 4.69) is 5.32 Å². The van der Waals surface area contributed by atoms with Crippen LogP contribution in [0.5, 0.6) is 5.75 Å². The number of hydrogen-bond donors (Lipinski definition) is 1. The number of carbonyl (C=O) groups is 1. The topological polar surface area (TPSA) is 41.6 Å². The Hall–Kier alpha value is -2.28. The molecule has 144 valence electrons. The lowest BCUT2D eigenvalue weighted by atomic mass is 10.1. The van der Waals surface area contributed by atoms with Crippen LogP contribution in [0, 0.1) is 11.6 Å². The standard InChI is InChI=1S/C20H22F2N2O2S/c1-26-16-5-2-14(3-6-16)13-23-20(25)24-9-8-19(27-11-10-24)17-12-15(21)4-7-18(17)22/h2-7,12,19H,8-11,13H2,1H3,(H,23,25). The average Bonchev–Trinajstić information content (AvgIpc) is 2.94. The van der Waals surface area contributed by atoms with Crippen LogP contribution in [0.4, 0.5) is 13.6 Å². The molecule has 3 rings (SSSR count). The van der Waals surface area contributed by atoms with E-state index in [0.717, 1.165) is 23.4 Å². The third kappa shape index (κ3) is 5.13. The van der Waals surface area contributed by atoms with Gasteiger partial charge in [-0.05, 0) is 42.3 Å². The zero-order chi connectivity index (χ0) is 19.2. The van der Waals surface area contributed by atoms with E-state index in [1.54, 1.807) is 23.8 Å². The van der Waals surface area contributed by atoms with Crippen molar-refractivity contribution >= 4 is 17.8 Å². The molecule has 1 fully saturated rings. The van der Waals surface area contributed by atoms with E-state index in [1.165, 1.54) is 6.07 Å². The summed E-state index contributed by atoms with van der Waals surface area (Å²) in [6, 6.07) is 10.9. The monoisotopic (exact) mass is 392 g/mol. The fraction of sp³-hybridized carbons (Fsp3) is 0.350. The first-order chi connectivity index (χ1) is 13.1. The van der Waals surface area contributed by atoms with Crippen molar-refractivity contribution in [2.24, 2.45) is 0 Å². The predicted octanol–water partition coefficient (Wildman–Crippen LogP) is 4.36. The summed E-state index contributed by atoms with van der Waals surface area (Å²) < 4.78 is 32.6. The summed E-state index contributed by atoms with van der Waals surface area (Å²) >= 11 is 1.56. The van der Waals surface area contributed by atoms with Crippen molar-refractivity contribution < 1.29 is 18.3 Å². The van der Waals surface area contributed by atoms with Crippen LogP contribution < -0.4 is 10.1 Å². The number of benzene rings is 2. The largest absolute Gasteiger partial charge is 0.497 e. The first-order valence-corrected chi connectivity index (χ1v) is 9.84. The molecule has 1 heterocycles. The van der Waals surface area contributed by atoms with E-state index < -0.39 is 11.6 Å². The minimum Gasteiger partial charge on any atom is -0.497 e. The number of rotatable bonds is 4. The fourth-order valence-electron chi connectivity index (χ4n) is 3.02. The van der Waals surface area contributed by atoms with Crippen LogP contribution in [0.1, 0.15) is 22.8 Å². The zero-order valence-electron chi connectivity index (χ0n) is 15.1. The Kier molecular flexibility index (Phi) is 6.55. The minimum atomic E-state index is -0.440. The van der Waals surface area contributed by atoms with Crippen molar-refractivity contribution in [2.75, 3.05) is 26.0 Å². The van der Waals surface area contributed by atoms with Gasteiger partial charge < -0.3 is 15.0 Å². The van der Waals surface area contributed by atoms with E-state index >= 15 is 0 Å². The molecule has 1 unspecified atom stereocenters. The molecule has 7 heteroatoms. The van der Waals surface area contributed by atoms with E-state index in [0.29, 0.717) is 37.4 Å². The molecule has 0 spiro atoms. The van der Waals surface area contributed by atoms with E-state index in [9.17, 15) is 13.6 Å². The molecule has 2 aromatic carbocycles. The second-order valence-corrected chi connectivity index (χ2v) is 7.62. The van der Waals surface area contributed by atoms with Gasteiger partial charge in [-0.15, -0.1) is 0 Å². The summed E-state index contributed by atoms with van der Waals surface area (Å²) in [5.74, 6) is 0.609. The molecule has 2 aromatic rings. The van der Waals surface area contributed by atoms with Gasteiger partial charge in [-0.3, -0.25) is 0 Å². The van der Waals surface area contributed by atoms with Crippen LogP contribution in [0.2, 0.25) is 0 Å². The van der Waals surface area contributed by atoms with Crippen LogP contribution in [0.25, 0.3) is 0 Å². The zero-order valence-corrected chi connectivity index (χ0v) is 15.9. The van der Waals surface area contributed by atoms with Gasteiger partial charge in [0.25, 0.3) is 0 Å². The smallest absolute Gasteiger partial charge is 0.317 e. The summed E-state index contributed by atoms with van der Waals surface area (Å²) in [4.78, 5) is 14.2. The van der Waals surface area contributed by atoms with Crippen LogP contribution in [-0.2, 0) is 6.54 Å². The number of nitrogens with zero attached hydrogens (tertiary/aromatic N) is 1. The van der Waals surface area contributed by atoms with Gasteiger partial charge >= 0.3 is 6.03 Å². The molecule has 0 saturated carbocycles. The van der Waals surface area contributed by atoms with Gasteiger partial charge in [-0.1, -0.05) is 12.1 Å². The van der Waals surface area contributed by atoms with Gasteiger partial charge in [0.2, 0.25) is 0 Å². The van der Waals surface area contributed by atoms with Gasteiger partial charge in [-0.25, -0.2) is 13.6 Å². The van der Waals surface area contributed by atoms with Crippen molar-refractivity contribution in [2.45, 2.75) is 18.2 Å². The summed E-state index contributed by atoms with van der Waals surface area (Å²) in [5.41, 5.74) is 1.36. The molecule has 1 aliphatic heterocycles. The molecule has 0 radical (unpaired) electrons. The Morgan fingerprint density at radius 2 is 2.00 bits per heavy atom. The van der Waals surface area contributed by atoms with Gasteiger partial charge in [0, 0.05) is 36.2 Å². The molecular formula is C20H22F2N2O2S. The third-order valence-electron chi connectivity index (χ3n) is 4.54. The third-order valence-corrected chi connectivity index (χ3v) is 5.85. The van der Waals surface area contributed by atoms with Gasteiger partial charge in [0.15, 0.2) is 0 Å². The highest BCUT2D eigenvalue weighted by atomic mass is 32.2. The number of nitrogens with one attached hydrogen (secondary N) is 1. The Bertz CT molecular complexity index is 786. The van der Waals surface area contributed by atoms with Crippen molar-refractivity contribution in [1.29, 1.82) is 0 Å². The van der Waals surface area contributed by atoms with Crippen molar-refractivity contribution in [3.63, 3.8) is 0 Å².